The lowest BCUT2D eigenvalue weighted by molar-refractivity contribution is -0.147. The maximum atomic E-state index is 12.0. The van der Waals surface area contributed by atoms with Crippen LogP contribution in [0.5, 0.6) is 0 Å². The van der Waals surface area contributed by atoms with Gasteiger partial charge in [0.15, 0.2) is 6.61 Å². The number of benzene rings is 2. The van der Waals surface area contributed by atoms with Crippen LogP contribution in [0.25, 0.3) is 0 Å². The summed E-state index contributed by atoms with van der Waals surface area (Å²) in [5, 5.41) is 5.88. The Bertz CT molecular complexity index is 855. The first-order valence-electron chi connectivity index (χ1n) is 8.11. The normalized spacial score (nSPS) is 10.2. The van der Waals surface area contributed by atoms with E-state index >= 15 is 0 Å². The van der Waals surface area contributed by atoms with E-state index in [1.54, 1.807) is 24.3 Å². The molecular weight excluding hydrogens is 391 g/mol. The van der Waals surface area contributed by atoms with Gasteiger partial charge in [0.05, 0.1) is 17.1 Å². The molecule has 0 bridgehead atoms. The number of amides is 2. The largest absolute Gasteiger partial charge is 0.456 e. The van der Waals surface area contributed by atoms with Crippen LogP contribution in [0.4, 0.5) is 5.69 Å². The topological polar surface area (TPSA) is 84.5 Å². The summed E-state index contributed by atoms with van der Waals surface area (Å²) in [4.78, 5) is 35.6. The minimum atomic E-state index is -0.604. The Kier molecular flexibility index (Phi) is 7.64. The third kappa shape index (κ3) is 6.58. The van der Waals surface area contributed by atoms with Crippen molar-refractivity contribution in [2.75, 3.05) is 18.5 Å². The number of hydrogen-bond acceptors (Lipinski definition) is 4. The summed E-state index contributed by atoms with van der Waals surface area (Å²) in [6, 6.07) is 11.8. The lowest BCUT2D eigenvalue weighted by atomic mass is 10.1. The summed E-state index contributed by atoms with van der Waals surface area (Å²) in [6.45, 7) is 1.47. The van der Waals surface area contributed by atoms with Gasteiger partial charge >= 0.3 is 5.97 Å². The van der Waals surface area contributed by atoms with E-state index in [4.69, 9.17) is 27.9 Å². The molecule has 0 atom stereocenters. The second-order valence-corrected chi connectivity index (χ2v) is 6.50. The fourth-order valence-electron chi connectivity index (χ4n) is 2.20. The quantitative estimate of drug-likeness (QED) is 0.685. The van der Waals surface area contributed by atoms with Gasteiger partial charge in [-0.2, -0.15) is 0 Å². The fourth-order valence-corrected chi connectivity index (χ4v) is 2.54. The monoisotopic (exact) mass is 408 g/mol. The van der Waals surface area contributed by atoms with Gasteiger partial charge in [0.25, 0.3) is 11.8 Å². The SMILES string of the molecule is Cc1ccccc1C(=O)NCCC(=O)OCC(=O)Nc1cc(Cl)ccc1Cl. The second kappa shape index (κ2) is 9.94. The van der Waals surface area contributed by atoms with Gasteiger partial charge in [-0.25, -0.2) is 0 Å². The van der Waals surface area contributed by atoms with Gasteiger partial charge < -0.3 is 15.4 Å². The molecule has 0 aromatic heterocycles. The van der Waals surface area contributed by atoms with Gasteiger partial charge in [0.1, 0.15) is 0 Å². The zero-order valence-corrected chi connectivity index (χ0v) is 16.1. The van der Waals surface area contributed by atoms with Crippen LogP contribution >= 0.6 is 23.2 Å². The smallest absolute Gasteiger partial charge is 0.308 e. The molecule has 0 aliphatic carbocycles. The molecule has 142 valence electrons. The molecule has 0 saturated heterocycles. The third-order valence-electron chi connectivity index (χ3n) is 3.57. The predicted octanol–water partition coefficient (Wildman–Crippen LogP) is 3.60. The Hall–Kier alpha value is -2.57. The first kappa shape index (κ1) is 20.7. The molecule has 0 unspecified atom stereocenters. The number of halogens is 2. The van der Waals surface area contributed by atoms with E-state index in [1.807, 2.05) is 19.1 Å². The lowest BCUT2D eigenvalue weighted by Crippen LogP contribution is -2.28. The number of ether oxygens (including phenoxy) is 1. The maximum Gasteiger partial charge on any atom is 0.308 e. The maximum absolute atomic E-state index is 12.0. The van der Waals surface area contributed by atoms with Gasteiger partial charge in [-0.1, -0.05) is 41.4 Å². The molecule has 2 aromatic rings. The summed E-state index contributed by atoms with van der Waals surface area (Å²) in [6.07, 6.45) is -0.0528. The van der Waals surface area contributed by atoms with Crippen molar-refractivity contribution < 1.29 is 19.1 Å². The number of rotatable bonds is 7. The molecule has 0 spiro atoms. The molecule has 8 heteroatoms. The van der Waals surface area contributed by atoms with Crippen LogP contribution in [0, 0.1) is 6.92 Å². The van der Waals surface area contributed by atoms with Gasteiger partial charge in [-0.15, -0.1) is 0 Å². The molecule has 0 heterocycles. The Labute approximate surface area is 166 Å². The number of anilines is 1. The summed E-state index contributed by atoms with van der Waals surface area (Å²) >= 11 is 11.8. The van der Waals surface area contributed by atoms with Crippen molar-refractivity contribution in [2.45, 2.75) is 13.3 Å². The van der Waals surface area contributed by atoms with Crippen LogP contribution in [0.15, 0.2) is 42.5 Å². The first-order valence-corrected chi connectivity index (χ1v) is 8.87. The summed E-state index contributed by atoms with van der Waals surface area (Å²) in [7, 11) is 0. The minimum absolute atomic E-state index is 0.0528. The van der Waals surface area contributed by atoms with E-state index in [9.17, 15) is 14.4 Å². The number of aryl methyl sites for hydroxylation is 1. The highest BCUT2D eigenvalue weighted by atomic mass is 35.5. The van der Waals surface area contributed by atoms with Crippen molar-refractivity contribution in [2.24, 2.45) is 0 Å². The van der Waals surface area contributed by atoms with Crippen molar-refractivity contribution in [3.63, 3.8) is 0 Å². The summed E-state index contributed by atoms with van der Waals surface area (Å²) in [5.41, 5.74) is 1.72. The van der Waals surface area contributed by atoms with E-state index in [1.165, 1.54) is 6.07 Å². The van der Waals surface area contributed by atoms with Crippen molar-refractivity contribution >= 4 is 46.7 Å². The van der Waals surface area contributed by atoms with Gasteiger partial charge in [-0.3, -0.25) is 14.4 Å². The van der Waals surface area contributed by atoms with Crippen molar-refractivity contribution in [3.8, 4) is 0 Å². The van der Waals surface area contributed by atoms with Crippen LogP contribution in [-0.2, 0) is 14.3 Å². The summed E-state index contributed by atoms with van der Waals surface area (Å²) in [5.74, 6) is -1.42. The number of carbonyl (C=O) groups excluding carboxylic acids is 3. The average molecular weight is 409 g/mol. The average Bonchev–Trinajstić information content (AvgIpc) is 2.63. The van der Waals surface area contributed by atoms with Gasteiger partial charge in [-0.05, 0) is 36.8 Å². The standard InChI is InChI=1S/C19H18Cl2N2O4/c1-12-4-2-3-5-14(12)19(26)22-9-8-18(25)27-11-17(24)23-16-10-13(20)6-7-15(16)21/h2-7,10H,8-9,11H2,1H3,(H,22,26)(H,23,24). The summed E-state index contributed by atoms with van der Waals surface area (Å²) < 4.78 is 4.88. The molecule has 2 aromatic carbocycles. The van der Waals surface area contributed by atoms with Crippen molar-refractivity contribution in [3.05, 3.63) is 63.6 Å². The molecule has 6 nitrogen and oxygen atoms in total. The van der Waals surface area contributed by atoms with Gasteiger partial charge in [0, 0.05) is 17.1 Å². The molecule has 2 N–H and O–H groups in total. The zero-order chi connectivity index (χ0) is 19.8. The molecule has 27 heavy (non-hydrogen) atoms. The molecule has 0 saturated carbocycles. The number of nitrogens with one attached hydrogen (secondary N) is 2. The Balaban J connectivity index is 1.71. The molecule has 0 fully saturated rings. The van der Waals surface area contributed by atoms with Gasteiger partial charge in [0.2, 0.25) is 0 Å². The van der Waals surface area contributed by atoms with E-state index in [0.29, 0.717) is 21.3 Å². The molecule has 0 radical (unpaired) electrons. The predicted molar refractivity (Wildman–Crippen MR) is 104 cm³/mol. The Morgan fingerprint density at radius 3 is 2.56 bits per heavy atom. The van der Waals surface area contributed by atoms with Crippen molar-refractivity contribution in [1.29, 1.82) is 0 Å². The highest BCUT2D eigenvalue weighted by Gasteiger charge is 2.12. The third-order valence-corrected chi connectivity index (χ3v) is 4.14. The Morgan fingerprint density at radius 2 is 1.81 bits per heavy atom. The second-order valence-electron chi connectivity index (χ2n) is 5.65. The van der Waals surface area contributed by atoms with E-state index in [-0.39, 0.29) is 18.9 Å². The van der Waals surface area contributed by atoms with Crippen LogP contribution in [-0.4, -0.2) is 30.9 Å². The van der Waals surface area contributed by atoms with E-state index in [2.05, 4.69) is 10.6 Å². The van der Waals surface area contributed by atoms with Crippen molar-refractivity contribution in [1.82, 2.24) is 5.32 Å². The first-order chi connectivity index (χ1) is 12.9. The van der Waals surface area contributed by atoms with E-state index in [0.717, 1.165) is 5.56 Å². The molecule has 2 amide bonds. The lowest BCUT2D eigenvalue weighted by Gasteiger charge is -2.09. The molecule has 0 aliphatic rings. The molecule has 2 rings (SSSR count). The highest BCUT2D eigenvalue weighted by molar-refractivity contribution is 6.35. The van der Waals surface area contributed by atoms with Crippen LogP contribution in [0.2, 0.25) is 10.0 Å². The fraction of sp³-hybridized carbons (Fsp3) is 0.211. The van der Waals surface area contributed by atoms with E-state index < -0.39 is 18.5 Å². The molecular formula is C19H18Cl2N2O4. The number of hydrogen-bond donors (Lipinski definition) is 2. The number of esters is 1. The molecule has 0 aliphatic heterocycles. The minimum Gasteiger partial charge on any atom is -0.456 e. The highest BCUT2D eigenvalue weighted by Crippen LogP contribution is 2.25. The number of carbonyl (C=O) groups is 3. The zero-order valence-electron chi connectivity index (χ0n) is 14.6. The van der Waals surface area contributed by atoms with Crippen LogP contribution < -0.4 is 10.6 Å². The van der Waals surface area contributed by atoms with Crippen LogP contribution in [0.3, 0.4) is 0 Å². The van der Waals surface area contributed by atoms with Crippen LogP contribution in [0.1, 0.15) is 22.3 Å². The Morgan fingerprint density at radius 1 is 1.07 bits per heavy atom.